The number of likely N-dealkylation sites (tertiary alicyclic amines) is 1. The summed E-state index contributed by atoms with van der Waals surface area (Å²) in [4.78, 5) is 89.6. The second kappa shape index (κ2) is 44.4. The quantitative estimate of drug-likeness (QED) is 0.0265. The molecule has 1 atom stereocenters. The SMILES string of the molecule is C=N/C=C(/NC=O)C(=NC1CCCC1)Nc1ccc(C)cc1OC.CC.CC(C)(C)OC(N)=O.CCCC.CCCC(C=O)N1Cc2c(NC(=O)CCOCCN3CCC(NC=O)CC3)cccc2C1=O.CN.CNC=O. The lowest BCUT2D eigenvalue weighted by atomic mass is 10.1. The molecule has 0 radical (unpaired) electrons. The number of nitrogens with one attached hydrogen (secondary N) is 5. The number of rotatable bonds is 22. The van der Waals surface area contributed by atoms with Crippen LogP contribution in [-0.4, -0.2) is 144 Å². The number of amidine groups is 1. The van der Waals surface area contributed by atoms with E-state index in [-0.39, 0.29) is 30.3 Å². The highest BCUT2D eigenvalue weighted by atomic mass is 16.6. The van der Waals surface area contributed by atoms with E-state index in [0.717, 1.165) is 81.2 Å². The van der Waals surface area contributed by atoms with Crippen molar-refractivity contribution in [2.75, 3.05) is 64.7 Å². The second-order valence-corrected chi connectivity index (χ2v) is 18.2. The topological polar surface area (TPSA) is 291 Å². The summed E-state index contributed by atoms with van der Waals surface area (Å²) in [5.74, 6) is 0.936. The average molecular weight is 1080 g/mol. The number of nitrogens with zero attached hydrogens (tertiary/aromatic N) is 4. The maximum absolute atomic E-state index is 12.7. The largest absolute Gasteiger partial charge is 0.495 e. The van der Waals surface area contributed by atoms with Crippen LogP contribution in [0.15, 0.2) is 58.3 Å². The summed E-state index contributed by atoms with van der Waals surface area (Å²) in [6.07, 6.45) is 14.2. The standard InChI is InChI=1S/C24H34N4O5.C18H24N4O2.C5H11NO2.C4H10.C2H5NO.C2H6.CH5N/c1-2-4-19(16-29)28-15-21-20(24(28)32)5-3-6-22(21)26-23(31)9-13-33-14-12-27-10-7-18(8-11-27)25-17-30;1-13-8-9-15(17(10-13)24-3)22-18(16(11-19-2)20-12-23)21-14-6-4-5-7-14;1-5(2,3)8-4(6)7;1-3-4-2;1-3-2-4;2*1-2/h3,5-6,16-19H,2,4,7-15H2,1H3,(H,25,30)(H,26,31);8-12,14H,2,4-7H2,1,3H3,(H,20,23)(H,21,22);1-3H3,(H2,6,7);3-4H2,1-2H3;2H,1H3,(H,3,4);1-2H3;2H2,1H3/b;16-11+;;;;;. The Labute approximate surface area is 459 Å². The van der Waals surface area contributed by atoms with Crippen LogP contribution in [0.2, 0.25) is 0 Å². The van der Waals surface area contributed by atoms with Gasteiger partial charge in [0.2, 0.25) is 25.1 Å². The van der Waals surface area contributed by atoms with Crippen LogP contribution in [-0.2, 0) is 40.0 Å². The molecule has 21 heteroatoms. The molecule has 2 aromatic rings. The van der Waals surface area contributed by atoms with Crippen LogP contribution in [0.25, 0.3) is 0 Å². The zero-order valence-corrected chi connectivity index (χ0v) is 48.3. The molecule has 0 spiro atoms. The van der Waals surface area contributed by atoms with Crippen LogP contribution < -0.4 is 42.8 Å². The van der Waals surface area contributed by atoms with Crippen LogP contribution in [0, 0.1) is 6.92 Å². The molecule has 1 saturated carbocycles. The Kier molecular flexibility index (Phi) is 41.7. The van der Waals surface area contributed by atoms with Gasteiger partial charge in [0.05, 0.1) is 50.7 Å². The van der Waals surface area contributed by atoms with Crippen LogP contribution >= 0.6 is 0 Å². The number of primary amides is 1. The van der Waals surface area contributed by atoms with Crippen molar-refractivity contribution in [2.45, 2.75) is 163 Å². The first-order valence-corrected chi connectivity index (χ1v) is 26.7. The zero-order valence-electron chi connectivity index (χ0n) is 48.3. The molecule has 2 fully saturated rings. The molecule has 2 aromatic carbocycles. The number of hydrogen-bond acceptors (Lipinski definition) is 14. The van der Waals surface area contributed by atoms with Gasteiger partial charge in [0.15, 0.2) is 5.84 Å². The number of piperidine rings is 1. The molecule has 0 aromatic heterocycles. The third-order valence-electron chi connectivity index (χ3n) is 11.3. The highest BCUT2D eigenvalue weighted by Gasteiger charge is 2.34. The van der Waals surface area contributed by atoms with E-state index in [1.165, 1.54) is 38.9 Å². The number of methoxy groups -OCH3 is 1. The Morgan fingerprint density at radius 1 is 0.896 bits per heavy atom. The molecule has 1 unspecified atom stereocenters. The second-order valence-electron chi connectivity index (χ2n) is 18.2. The Hall–Kier alpha value is -6.71. The Balaban J connectivity index is 0. The number of nitrogens with two attached hydrogens (primary N) is 2. The third kappa shape index (κ3) is 31.2. The highest BCUT2D eigenvalue weighted by Crippen LogP contribution is 2.32. The van der Waals surface area contributed by atoms with E-state index in [1.54, 1.807) is 58.0 Å². The normalized spacial score (nSPS) is 14.4. The number of unbranched alkanes of at least 4 members (excludes halogenated alkanes) is 1. The predicted octanol–water partition coefficient (Wildman–Crippen LogP) is 7.26. The van der Waals surface area contributed by atoms with Gasteiger partial charge in [-0.25, -0.2) is 4.79 Å². The summed E-state index contributed by atoms with van der Waals surface area (Å²) >= 11 is 0. The van der Waals surface area contributed by atoms with Crippen molar-refractivity contribution < 1.29 is 47.8 Å². The first kappa shape index (κ1) is 72.4. The molecule has 1 aliphatic carbocycles. The number of benzene rings is 2. The molecule has 5 rings (SSSR count). The van der Waals surface area contributed by atoms with Crippen molar-refractivity contribution in [3.63, 3.8) is 0 Å². The fraction of sp³-hybridized carbons (Fsp3) is 0.589. The summed E-state index contributed by atoms with van der Waals surface area (Å²) in [7, 11) is 4.69. The number of aliphatic imine (C=N–C) groups is 2. The van der Waals surface area contributed by atoms with Gasteiger partial charge in [0.25, 0.3) is 5.91 Å². The highest BCUT2D eigenvalue weighted by molar-refractivity contribution is 6.09. The summed E-state index contributed by atoms with van der Waals surface area (Å²) in [6.45, 7) is 24.9. The summed E-state index contributed by atoms with van der Waals surface area (Å²) in [5, 5.41) is 13.9. The van der Waals surface area contributed by atoms with Crippen molar-refractivity contribution in [3.8, 4) is 5.75 Å². The molecule has 9 N–H and O–H groups in total. The van der Waals surface area contributed by atoms with Crippen molar-refractivity contribution in [1.29, 1.82) is 0 Å². The first-order valence-electron chi connectivity index (χ1n) is 26.7. The van der Waals surface area contributed by atoms with Gasteiger partial charge in [-0.2, -0.15) is 0 Å². The van der Waals surface area contributed by atoms with Gasteiger partial charge < -0.3 is 66.9 Å². The van der Waals surface area contributed by atoms with Gasteiger partial charge in [-0.1, -0.05) is 78.9 Å². The molecular weight excluding hydrogens is 987 g/mol. The van der Waals surface area contributed by atoms with E-state index in [1.807, 2.05) is 45.9 Å². The Morgan fingerprint density at radius 3 is 2.03 bits per heavy atom. The molecule has 0 bridgehead atoms. The molecule has 6 amide bonds. The fourth-order valence-corrected chi connectivity index (χ4v) is 7.46. The number of amides is 6. The van der Waals surface area contributed by atoms with Crippen LogP contribution in [0.4, 0.5) is 16.2 Å². The van der Waals surface area contributed by atoms with Crippen molar-refractivity contribution in [1.82, 2.24) is 25.8 Å². The lowest BCUT2D eigenvalue weighted by Crippen LogP contribution is -2.43. The molecule has 434 valence electrons. The Bertz CT molecular complexity index is 2060. The van der Waals surface area contributed by atoms with Crippen molar-refractivity contribution in [2.24, 2.45) is 21.5 Å². The maximum Gasteiger partial charge on any atom is 0.405 e. The van der Waals surface area contributed by atoms with Gasteiger partial charge in [-0.15, -0.1) is 0 Å². The number of aryl methyl sites for hydroxylation is 1. The van der Waals surface area contributed by atoms with E-state index < -0.39 is 17.7 Å². The fourth-order valence-electron chi connectivity index (χ4n) is 7.46. The van der Waals surface area contributed by atoms with E-state index in [0.29, 0.717) is 67.5 Å². The first-order chi connectivity index (χ1) is 37.0. The molecule has 2 heterocycles. The van der Waals surface area contributed by atoms with Gasteiger partial charge in [0.1, 0.15) is 23.3 Å². The molecular formula is C56H95N11O10. The summed E-state index contributed by atoms with van der Waals surface area (Å²) < 4.78 is 15.7. The summed E-state index contributed by atoms with van der Waals surface area (Å²) in [5.41, 5.74) is 13.0. The maximum atomic E-state index is 12.7. The third-order valence-corrected chi connectivity index (χ3v) is 11.3. The minimum atomic E-state index is -0.725. The van der Waals surface area contributed by atoms with Gasteiger partial charge in [0, 0.05) is 56.1 Å². The lowest BCUT2D eigenvalue weighted by Gasteiger charge is -2.31. The van der Waals surface area contributed by atoms with E-state index in [4.69, 9.17) is 25.0 Å². The van der Waals surface area contributed by atoms with E-state index in [9.17, 15) is 28.8 Å². The van der Waals surface area contributed by atoms with Gasteiger partial charge in [-0.3, -0.25) is 34.0 Å². The lowest BCUT2D eigenvalue weighted by molar-refractivity contribution is -0.117. The van der Waals surface area contributed by atoms with Gasteiger partial charge in [-0.05, 0) is 103 Å². The smallest absolute Gasteiger partial charge is 0.405 e. The number of hydrogen-bond donors (Lipinski definition) is 7. The Morgan fingerprint density at radius 2 is 1.53 bits per heavy atom. The molecule has 21 nitrogen and oxygen atoms in total. The number of carbonyl (C=O) groups excluding carboxylic acids is 7. The number of fused-ring (bicyclic) bond motifs is 1. The number of anilines is 2. The van der Waals surface area contributed by atoms with E-state index in [2.05, 4.69) is 67.5 Å². The number of carbonyl (C=O) groups is 7. The minimum Gasteiger partial charge on any atom is -0.495 e. The van der Waals surface area contributed by atoms with Crippen LogP contribution in [0.5, 0.6) is 5.75 Å². The van der Waals surface area contributed by atoms with Gasteiger partial charge >= 0.3 is 6.09 Å². The average Bonchev–Trinajstić information content (AvgIpc) is 4.07. The van der Waals surface area contributed by atoms with E-state index >= 15 is 0 Å². The number of aldehydes is 1. The monoisotopic (exact) mass is 1080 g/mol. The molecule has 1 saturated heterocycles. The number of ether oxygens (including phenoxy) is 3. The molecule has 2 aliphatic heterocycles. The minimum absolute atomic E-state index is 0.166. The zero-order chi connectivity index (χ0) is 58.6. The molecule has 3 aliphatic rings. The van der Waals surface area contributed by atoms with Crippen LogP contribution in [0.3, 0.4) is 0 Å². The van der Waals surface area contributed by atoms with Crippen molar-refractivity contribution in [3.05, 3.63) is 65.0 Å². The van der Waals surface area contributed by atoms with Crippen molar-refractivity contribution >= 4 is 67.4 Å². The van der Waals surface area contributed by atoms with Crippen LogP contribution in [0.1, 0.15) is 148 Å². The molecule has 77 heavy (non-hydrogen) atoms. The predicted molar refractivity (Wildman–Crippen MR) is 309 cm³/mol. The summed E-state index contributed by atoms with van der Waals surface area (Å²) in [6, 6.07) is 11.2.